The number of aromatic nitrogens is 3. The molecule has 30 heavy (non-hydrogen) atoms. The molecule has 0 spiro atoms. The van der Waals surface area contributed by atoms with E-state index in [1.165, 1.54) is 5.56 Å². The van der Waals surface area contributed by atoms with Gasteiger partial charge in [-0.05, 0) is 54.4 Å². The first kappa shape index (κ1) is 20.4. The number of nitrogens with zero attached hydrogens (tertiary/aromatic N) is 4. The van der Waals surface area contributed by atoms with E-state index >= 15 is 0 Å². The van der Waals surface area contributed by atoms with Crippen LogP contribution in [0, 0.1) is 6.92 Å². The van der Waals surface area contributed by atoms with Gasteiger partial charge < -0.3 is 4.74 Å². The predicted molar refractivity (Wildman–Crippen MR) is 124 cm³/mol. The Morgan fingerprint density at radius 1 is 0.967 bits per heavy atom. The molecule has 0 atom stereocenters. The fourth-order valence-electron chi connectivity index (χ4n) is 2.70. The Kier molecular flexibility index (Phi) is 6.61. The van der Waals surface area contributed by atoms with E-state index in [9.17, 15) is 0 Å². The van der Waals surface area contributed by atoms with Crippen molar-refractivity contribution in [2.24, 2.45) is 5.10 Å². The van der Waals surface area contributed by atoms with E-state index in [0.717, 1.165) is 38.3 Å². The Labute approximate surface area is 187 Å². The number of aryl methyl sites for hydroxylation is 1. The molecule has 3 aromatic carbocycles. The maximum atomic E-state index is 5.90. The Hall–Kier alpha value is -2.90. The zero-order chi connectivity index (χ0) is 20.8. The van der Waals surface area contributed by atoms with Crippen LogP contribution in [0.4, 0.5) is 0 Å². The van der Waals surface area contributed by atoms with Gasteiger partial charge >= 0.3 is 0 Å². The molecule has 4 aromatic rings. The number of halogens is 1. The zero-order valence-electron chi connectivity index (χ0n) is 16.3. The standard InChI is InChI=1S/C23H19BrN4OS/c1-17-26-27-23(30-16-18-10-12-20(24)13-11-18)28(17)25-15-19-6-5-9-22(14-19)29-21-7-3-2-4-8-21/h2-15H,16H2,1H3/b25-15+. The number of rotatable bonds is 7. The zero-order valence-corrected chi connectivity index (χ0v) is 18.7. The largest absolute Gasteiger partial charge is 0.457 e. The van der Waals surface area contributed by atoms with Gasteiger partial charge in [0.25, 0.3) is 0 Å². The van der Waals surface area contributed by atoms with Gasteiger partial charge in [-0.15, -0.1) is 10.2 Å². The minimum Gasteiger partial charge on any atom is -0.457 e. The molecule has 0 aliphatic carbocycles. The summed E-state index contributed by atoms with van der Waals surface area (Å²) in [6, 6.07) is 25.8. The van der Waals surface area contributed by atoms with Crippen molar-refractivity contribution >= 4 is 33.9 Å². The average Bonchev–Trinajstić information content (AvgIpc) is 3.12. The lowest BCUT2D eigenvalue weighted by Gasteiger charge is -2.06. The van der Waals surface area contributed by atoms with Crippen LogP contribution >= 0.6 is 27.7 Å². The topological polar surface area (TPSA) is 52.3 Å². The van der Waals surface area contributed by atoms with E-state index in [4.69, 9.17) is 4.74 Å². The second kappa shape index (κ2) is 9.73. The van der Waals surface area contributed by atoms with Gasteiger partial charge in [-0.25, -0.2) is 0 Å². The molecule has 1 aromatic heterocycles. The van der Waals surface area contributed by atoms with Crippen molar-refractivity contribution in [3.8, 4) is 11.5 Å². The highest BCUT2D eigenvalue weighted by Crippen LogP contribution is 2.24. The average molecular weight is 479 g/mol. The highest BCUT2D eigenvalue weighted by molar-refractivity contribution is 9.10. The maximum Gasteiger partial charge on any atom is 0.212 e. The quantitative estimate of drug-likeness (QED) is 0.230. The second-order valence-corrected chi connectivity index (χ2v) is 8.35. The SMILES string of the molecule is Cc1nnc(SCc2ccc(Br)cc2)n1/N=C/c1cccc(Oc2ccccc2)c1. The Morgan fingerprint density at radius 3 is 2.53 bits per heavy atom. The van der Waals surface area contributed by atoms with Gasteiger partial charge in [-0.1, -0.05) is 70.2 Å². The normalized spacial score (nSPS) is 11.1. The molecule has 150 valence electrons. The van der Waals surface area contributed by atoms with Crippen molar-refractivity contribution in [3.63, 3.8) is 0 Å². The minimum absolute atomic E-state index is 0.737. The van der Waals surface area contributed by atoms with Crippen LogP contribution in [0.2, 0.25) is 0 Å². The van der Waals surface area contributed by atoms with Crippen LogP contribution in [0.1, 0.15) is 17.0 Å². The first-order valence-electron chi connectivity index (χ1n) is 9.34. The van der Waals surface area contributed by atoms with E-state index in [1.54, 1.807) is 22.7 Å². The summed E-state index contributed by atoms with van der Waals surface area (Å²) < 4.78 is 8.72. The third-order valence-electron chi connectivity index (χ3n) is 4.21. The second-order valence-electron chi connectivity index (χ2n) is 6.49. The lowest BCUT2D eigenvalue weighted by atomic mass is 10.2. The Balaban J connectivity index is 1.47. The molecule has 4 rings (SSSR count). The first-order chi connectivity index (χ1) is 14.7. The Morgan fingerprint density at radius 2 is 1.73 bits per heavy atom. The third-order valence-corrected chi connectivity index (χ3v) is 5.73. The van der Waals surface area contributed by atoms with Crippen molar-refractivity contribution < 1.29 is 4.74 Å². The van der Waals surface area contributed by atoms with E-state index in [2.05, 4.69) is 43.4 Å². The van der Waals surface area contributed by atoms with Crippen LogP contribution in [0.3, 0.4) is 0 Å². The van der Waals surface area contributed by atoms with Gasteiger partial charge in [0.2, 0.25) is 5.16 Å². The van der Waals surface area contributed by atoms with Crippen molar-refractivity contribution in [1.29, 1.82) is 0 Å². The summed E-state index contributed by atoms with van der Waals surface area (Å²) in [5.41, 5.74) is 2.14. The molecule has 0 saturated heterocycles. The van der Waals surface area contributed by atoms with Crippen molar-refractivity contribution in [3.05, 3.63) is 100 Å². The molecule has 0 bridgehead atoms. The third kappa shape index (κ3) is 5.37. The van der Waals surface area contributed by atoms with E-state index in [-0.39, 0.29) is 0 Å². The van der Waals surface area contributed by atoms with Crippen LogP contribution in [0.25, 0.3) is 0 Å². The maximum absolute atomic E-state index is 5.90. The molecular weight excluding hydrogens is 460 g/mol. The summed E-state index contributed by atoms with van der Waals surface area (Å²) in [6.07, 6.45) is 1.79. The molecule has 0 N–H and O–H groups in total. The lowest BCUT2D eigenvalue weighted by molar-refractivity contribution is 0.482. The van der Waals surface area contributed by atoms with E-state index in [0.29, 0.717) is 0 Å². The monoisotopic (exact) mass is 478 g/mol. The van der Waals surface area contributed by atoms with Crippen molar-refractivity contribution in [2.45, 2.75) is 17.8 Å². The number of hydrogen-bond donors (Lipinski definition) is 0. The molecule has 0 fully saturated rings. The highest BCUT2D eigenvalue weighted by Gasteiger charge is 2.09. The summed E-state index contributed by atoms with van der Waals surface area (Å²) in [7, 11) is 0. The van der Waals surface area contributed by atoms with Gasteiger partial charge in [0.1, 0.15) is 11.5 Å². The Bertz CT molecular complexity index is 1140. The number of ether oxygens (including phenoxy) is 1. The van der Waals surface area contributed by atoms with Crippen molar-refractivity contribution in [1.82, 2.24) is 14.9 Å². The van der Waals surface area contributed by atoms with Crippen LogP contribution < -0.4 is 4.74 Å². The number of thioether (sulfide) groups is 1. The number of para-hydroxylation sites is 1. The predicted octanol–water partition coefficient (Wildman–Crippen LogP) is 6.32. The van der Waals surface area contributed by atoms with Gasteiger partial charge in [-0.3, -0.25) is 0 Å². The van der Waals surface area contributed by atoms with Gasteiger partial charge in [0.15, 0.2) is 5.82 Å². The highest BCUT2D eigenvalue weighted by atomic mass is 79.9. The molecule has 5 nitrogen and oxygen atoms in total. The summed E-state index contributed by atoms with van der Waals surface area (Å²) >= 11 is 5.06. The molecule has 7 heteroatoms. The van der Waals surface area contributed by atoms with Crippen LogP contribution in [-0.2, 0) is 5.75 Å². The molecule has 0 aliphatic rings. The van der Waals surface area contributed by atoms with Crippen LogP contribution in [-0.4, -0.2) is 21.1 Å². The van der Waals surface area contributed by atoms with Gasteiger partial charge in [0.05, 0.1) is 6.21 Å². The molecule has 1 heterocycles. The lowest BCUT2D eigenvalue weighted by Crippen LogP contribution is -1.96. The summed E-state index contributed by atoms with van der Waals surface area (Å²) in [5, 5.41) is 13.8. The van der Waals surface area contributed by atoms with Crippen LogP contribution in [0.15, 0.2) is 93.6 Å². The van der Waals surface area contributed by atoms with E-state index in [1.807, 2.05) is 73.7 Å². The molecule has 0 radical (unpaired) electrons. The summed E-state index contributed by atoms with van der Waals surface area (Å²) in [5.74, 6) is 3.09. The van der Waals surface area contributed by atoms with Gasteiger partial charge in [-0.2, -0.15) is 9.78 Å². The molecule has 0 amide bonds. The molecular formula is C23H19BrN4OS. The molecule has 0 aliphatic heterocycles. The fourth-order valence-corrected chi connectivity index (χ4v) is 3.85. The fraction of sp³-hybridized carbons (Fsp3) is 0.0870. The number of hydrogen-bond acceptors (Lipinski definition) is 5. The summed E-state index contributed by atoms with van der Waals surface area (Å²) in [4.78, 5) is 0. The first-order valence-corrected chi connectivity index (χ1v) is 11.1. The van der Waals surface area contributed by atoms with Gasteiger partial charge in [0, 0.05) is 10.2 Å². The number of benzene rings is 3. The van der Waals surface area contributed by atoms with E-state index < -0.39 is 0 Å². The van der Waals surface area contributed by atoms with Crippen molar-refractivity contribution in [2.75, 3.05) is 0 Å². The van der Waals surface area contributed by atoms with Crippen LogP contribution in [0.5, 0.6) is 11.5 Å². The minimum atomic E-state index is 0.737. The molecule has 0 saturated carbocycles. The molecule has 0 unspecified atom stereocenters. The smallest absolute Gasteiger partial charge is 0.212 e. The summed E-state index contributed by atoms with van der Waals surface area (Å²) in [6.45, 7) is 1.89.